The van der Waals surface area contributed by atoms with Crippen LogP contribution in [0, 0.1) is 0 Å². The predicted octanol–water partition coefficient (Wildman–Crippen LogP) is 2.82. The highest BCUT2D eigenvalue weighted by atomic mass is 16.6. The lowest BCUT2D eigenvalue weighted by atomic mass is 10.0. The Balaban J connectivity index is 2.12. The molecule has 0 aliphatic carbocycles. The van der Waals surface area contributed by atoms with Gasteiger partial charge in [0.25, 0.3) is 0 Å². The van der Waals surface area contributed by atoms with Gasteiger partial charge in [-0.2, -0.15) is 0 Å². The van der Waals surface area contributed by atoms with E-state index in [1.807, 2.05) is 31.2 Å². The summed E-state index contributed by atoms with van der Waals surface area (Å²) in [5, 5.41) is 0. The summed E-state index contributed by atoms with van der Waals surface area (Å²) in [6.45, 7) is 2.60. The van der Waals surface area contributed by atoms with Crippen LogP contribution in [0.4, 0.5) is 0 Å². The van der Waals surface area contributed by atoms with E-state index in [1.165, 1.54) is 13.2 Å². The molecular formula is C15H16O4. The number of hydrogen-bond donors (Lipinski definition) is 0. The molecule has 2 rings (SSSR count). The summed E-state index contributed by atoms with van der Waals surface area (Å²) in [6, 6.07) is 7.74. The molecule has 0 bridgehead atoms. The van der Waals surface area contributed by atoms with Crippen molar-refractivity contribution in [1.82, 2.24) is 0 Å². The van der Waals surface area contributed by atoms with E-state index in [2.05, 4.69) is 4.74 Å². The molecular weight excluding hydrogens is 244 g/mol. The Labute approximate surface area is 112 Å². The fourth-order valence-electron chi connectivity index (χ4n) is 1.62. The summed E-state index contributed by atoms with van der Waals surface area (Å²) >= 11 is 0. The van der Waals surface area contributed by atoms with Crippen molar-refractivity contribution in [3.05, 3.63) is 53.5 Å². The van der Waals surface area contributed by atoms with Crippen molar-refractivity contribution < 1.29 is 19.0 Å². The number of carbonyl (C=O) groups is 1. The summed E-state index contributed by atoms with van der Waals surface area (Å²) in [5.74, 6) is 0.478. The van der Waals surface area contributed by atoms with Gasteiger partial charge in [-0.3, -0.25) is 0 Å². The number of ether oxygens (including phenoxy) is 3. The summed E-state index contributed by atoms with van der Waals surface area (Å²) in [7, 11) is 1.35. The maximum absolute atomic E-state index is 11.1. The zero-order valence-electron chi connectivity index (χ0n) is 11.0. The van der Waals surface area contributed by atoms with Crippen LogP contribution in [0.1, 0.15) is 24.2 Å². The van der Waals surface area contributed by atoms with Gasteiger partial charge in [-0.1, -0.05) is 24.3 Å². The van der Waals surface area contributed by atoms with Gasteiger partial charge >= 0.3 is 5.97 Å². The van der Waals surface area contributed by atoms with Crippen molar-refractivity contribution in [3.63, 3.8) is 0 Å². The summed E-state index contributed by atoms with van der Waals surface area (Å²) in [6.07, 6.45) is 4.64. The number of benzene rings is 1. The minimum atomic E-state index is -0.378. The van der Waals surface area contributed by atoms with E-state index in [1.54, 1.807) is 12.3 Å². The molecule has 100 valence electrons. The highest BCUT2D eigenvalue weighted by Gasteiger charge is 2.15. The summed E-state index contributed by atoms with van der Waals surface area (Å²) in [5.41, 5.74) is 1.93. The molecule has 0 N–H and O–H groups in total. The van der Waals surface area contributed by atoms with Crippen LogP contribution in [-0.4, -0.2) is 19.7 Å². The van der Waals surface area contributed by atoms with Crippen molar-refractivity contribution in [1.29, 1.82) is 0 Å². The molecule has 0 saturated carbocycles. The van der Waals surface area contributed by atoms with Gasteiger partial charge in [0.15, 0.2) is 5.76 Å². The normalized spacial score (nSPS) is 17.1. The number of methoxy groups -OCH3 is 1. The Morgan fingerprint density at radius 1 is 1.42 bits per heavy atom. The zero-order chi connectivity index (χ0) is 13.7. The van der Waals surface area contributed by atoms with E-state index < -0.39 is 0 Å². The van der Waals surface area contributed by atoms with Crippen LogP contribution in [0.15, 0.2) is 42.4 Å². The summed E-state index contributed by atoms with van der Waals surface area (Å²) < 4.78 is 15.1. The minimum absolute atomic E-state index is 0.116. The molecule has 0 unspecified atom stereocenters. The predicted molar refractivity (Wildman–Crippen MR) is 71.0 cm³/mol. The molecule has 0 aromatic heterocycles. The average molecular weight is 260 g/mol. The van der Waals surface area contributed by atoms with Gasteiger partial charge in [-0.25, -0.2) is 4.79 Å². The molecule has 1 atom stereocenters. The number of epoxide rings is 1. The van der Waals surface area contributed by atoms with E-state index in [4.69, 9.17) is 9.47 Å². The molecule has 1 aliphatic heterocycles. The van der Waals surface area contributed by atoms with Crippen LogP contribution in [-0.2, 0) is 19.0 Å². The number of hydrogen-bond acceptors (Lipinski definition) is 4. The average Bonchev–Trinajstić information content (AvgIpc) is 3.26. The third kappa shape index (κ3) is 3.88. The highest BCUT2D eigenvalue weighted by molar-refractivity contribution is 5.87. The second-order valence-corrected chi connectivity index (χ2v) is 4.14. The lowest BCUT2D eigenvalue weighted by Gasteiger charge is -2.13. The maximum Gasteiger partial charge on any atom is 0.330 e. The lowest BCUT2D eigenvalue weighted by Crippen LogP contribution is -1.99. The van der Waals surface area contributed by atoms with Gasteiger partial charge in [-0.15, -0.1) is 0 Å². The van der Waals surface area contributed by atoms with E-state index >= 15 is 0 Å². The van der Waals surface area contributed by atoms with Gasteiger partial charge < -0.3 is 14.2 Å². The van der Waals surface area contributed by atoms with Crippen LogP contribution in [0.25, 0.3) is 6.08 Å². The topological polar surface area (TPSA) is 48.1 Å². The quantitative estimate of drug-likeness (QED) is 0.353. The second kappa shape index (κ2) is 6.09. The molecule has 0 amide bonds. The van der Waals surface area contributed by atoms with E-state index in [0.29, 0.717) is 6.61 Å². The standard InChI is InChI=1S/C15H16O4/c1-11(18-9-13-10-19-13)14-6-4-3-5-12(14)7-8-15(16)17-2/h3-9,11H,10H2,1-2H3/b8-7+,13-9-/t11-/m1/s1. The van der Waals surface area contributed by atoms with Crippen LogP contribution in [0.2, 0.25) is 0 Å². The van der Waals surface area contributed by atoms with Gasteiger partial charge in [0.05, 0.1) is 7.11 Å². The zero-order valence-corrected chi connectivity index (χ0v) is 11.0. The molecule has 4 nitrogen and oxygen atoms in total. The first-order valence-electron chi connectivity index (χ1n) is 6.03. The molecule has 1 aliphatic rings. The van der Waals surface area contributed by atoms with Gasteiger partial charge in [-0.05, 0) is 24.1 Å². The first-order valence-corrected chi connectivity index (χ1v) is 6.03. The van der Waals surface area contributed by atoms with E-state index in [-0.39, 0.29) is 12.1 Å². The van der Waals surface area contributed by atoms with Gasteiger partial charge in [0.1, 0.15) is 19.0 Å². The fourth-order valence-corrected chi connectivity index (χ4v) is 1.62. The van der Waals surface area contributed by atoms with Crippen molar-refractivity contribution in [2.45, 2.75) is 13.0 Å². The molecule has 1 aromatic carbocycles. The Bertz CT molecular complexity index is 511. The Morgan fingerprint density at radius 2 is 2.16 bits per heavy atom. The smallest absolute Gasteiger partial charge is 0.330 e. The van der Waals surface area contributed by atoms with E-state index in [9.17, 15) is 4.79 Å². The van der Waals surface area contributed by atoms with Crippen molar-refractivity contribution >= 4 is 12.0 Å². The lowest BCUT2D eigenvalue weighted by molar-refractivity contribution is -0.134. The fraction of sp³-hybridized carbons (Fsp3) is 0.267. The highest BCUT2D eigenvalue weighted by Crippen LogP contribution is 2.24. The molecule has 4 heteroatoms. The molecule has 0 spiro atoms. The monoisotopic (exact) mass is 260 g/mol. The number of carbonyl (C=O) groups excluding carboxylic acids is 1. The Hall–Kier alpha value is -2.23. The molecule has 1 heterocycles. The number of esters is 1. The SMILES string of the molecule is COC(=O)/C=C/c1ccccc1[C@@H](C)O/C=C1/CO1. The first kappa shape index (κ1) is 13.2. The molecule has 1 fully saturated rings. The largest absolute Gasteiger partial charge is 0.490 e. The molecule has 1 saturated heterocycles. The maximum atomic E-state index is 11.1. The molecule has 1 aromatic rings. The van der Waals surface area contributed by atoms with Crippen LogP contribution >= 0.6 is 0 Å². The molecule has 0 radical (unpaired) electrons. The van der Waals surface area contributed by atoms with Crippen molar-refractivity contribution in [3.8, 4) is 0 Å². The molecule has 19 heavy (non-hydrogen) atoms. The second-order valence-electron chi connectivity index (χ2n) is 4.14. The van der Waals surface area contributed by atoms with Crippen LogP contribution < -0.4 is 0 Å². The Kier molecular flexibility index (Phi) is 4.23. The minimum Gasteiger partial charge on any atom is -0.490 e. The van der Waals surface area contributed by atoms with Crippen LogP contribution in [0.3, 0.4) is 0 Å². The third-order valence-corrected chi connectivity index (χ3v) is 2.75. The van der Waals surface area contributed by atoms with Crippen molar-refractivity contribution in [2.24, 2.45) is 0 Å². The van der Waals surface area contributed by atoms with Gasteiger partial charge in [0.2, 0.25) is 0 Å². The van der Waals surface area contributed by atoms with Gasteiger partial charge in [0, 0.05) is 6.08 Å². The summed E-state index contributed by atoms with van der Waals surface area (Å²) in [4.78, 5) is 11.1. The first-order chi connectivity index (χ1) is 9.20. The Morgan fingerprint density at radius 3 is 2.84 bits per heavy atom. The third-order valence-electron chi connectivity index (χ3n) is 2.75. The van der Waals surface area contributed by atoms with Crippen molar-refractivity contribution in [2.75, 3.05) is 13.7 Å². The number of rotatable bonds is 5. The van der Waals surface area contributed by atoms with Crippen LogP contribution in [0.5, 0.6) is 0 Å². The van der Waals surface area contributed by atoms with E-state index in [0.717, 1.165) is 16.9 Å².